The number of Topliss-reactive ketones (excluding diaryl/α,β-unsaturated/α-hetero) is 1. The van der Waals surface area contributed by atoms with E-state index in [0.717, 1.165) is 34.0 Å². The molecule has 0 saturated carbocycles. The van der Waals surface area contributed by atoms with E-state index >= 15 is 0 Å². The molecule has 19 heavy (non-hydrogen) atoms. The normalized spacial score (nSPS) is 14.3. The highest BCUT2D eigenvalue weighted by molar-refractivity contribution is 7.17. The second-order valence-corrected chi connectivity index (χ2v) is 6.01. The topological polar surface area (TPSA) is 33.2 Å². The van der Waals surface area contributed by atoms with Crippen LogP contribution >= 0.6 is 11.3 Å². The third kappa shape index (κ3) is 2.28. The summed E-state index contributed by atoms with van der Waals surface area (Å²) in [5.74, 6) is 0.259. The van der Waals surface area contributed by atoms with Crippen molar-refractivity contribution in [2.75, 3.05) is 19.0 Å². The van der Waals surface area contributed by atoms with Gasteiger partial charge in [0.25, 0.3) is 0 Å². The van der Waals surface area contributed by atoms with Crippen molar-refractivity contribution in [3.8, 4) is 10.6 Å². The van der Waals surface area contributed by atoms with E-state index < -0.39 is 0 Å². The quantitative estimate of drug-likeness (QED) is 0.840. The van der Waals surface area contributed by atoms with Crippen LogP contribution in [0.15, 0.2) is 24.3 Å². The fourth-order valence-corrected chi connectivity index (χ4v) is 3.38. The molecule has 3 rings (SSSR count). The molecule has 0 aliphatic heterocycles. The number of benzene rings is 1. The molecule has 1 aromatic heterocycles. The molecule has 1 aliphatic rings. The fourth-order valence-electron chi connectivity index (χ4n) is 2.29. The van der Waals surface area contributed by atoms with Crippen LogP contribution in [0.5, 0.6) is 0 Å². The monoisotopic (exact) mass is 272 g/mol. The molecule has 0 unspecified atom stereocenters. The average molecular weight is 272 g/mol. The zero-order chi connectivity index (χ0) is 13.4. The number of carbonyl (C=O) groups is 1. The van der Waals surface area contributed by atoms with Gasteiger partial charge in [0.15, 0.2) is 5.78 Å². The standard InChI is InChI=1S/C15H16N2OS/c1-17(2)11-8-6-10(7-9-11)15-16-12-4-3-5-13(18)14(12)19-15/h6-9H,3-5H2,1-2H3. The minimum absolute atomic E-state index is 0.259. The van der Waals surface area contributed by atoms with E-state index in [2.05, 4.69) is 34.1 Å². The van der Waals surface area contributed by atoms with Crippen molar-refractivity contribution in [1.82, 2.24) is 4.98 Å². The van der Waals surface area contributed by atoms with E-state index in [9.17, 15) is 4.79 Å². The molecule has 0 amide bonds. The number of carbonyl (C=O) groups excluding carboxylic acids is 1. The van der Waals surface area contributed by atoms with Gasteiger partial charge in [-0.15, -0.1) is 11.3 Å². The molecule has 2 aromatic rings. The number of thiazole rings is 1. The minimum Gasteiger partial charge on any atom is -0.378 e. The number of ketones is 1. The Morgan fingerprint density at radius 3 is 2.53 bits per heavy atom. The Morgan fingerprint density at radius 2 is 1.89 bits per heavy atom. The van der Waals surface area contributed by atoms with Crippen molar-refractivity contribution in [1.29, 1.82) is 0 Å². The first kappa shape index (κ1) is 12.4. The minimum atomic E-state index is 0.259. The van der Waals surface area contributed by atoms with Crippen LogP contribution in [0.1, 0.15) is 28.2 Å². The van der Waals surface area contributed by atoms with Crippen molar-refractivity contribution in [3.63, 3.8) is 0 Å². The van der Waals surface area contributed by atoms with Crippen LogP contribution in [-0.4, -0.2) is 24.9 Å². The van der Waals surface area contributed by atoms with E-state index in [4.69, 9.17) is 0 Å². The highest BCUT2D eigenvalue weighted by Crippen LogP contribution is 2.33. The molecule has 3 nitrogen and oxygen atoms in total. The predicted octanol–water partition coefficient (Wildman–Crippen LogP) is 3.40. The molecule has 0 bridgehead atoms. The Bertz CT molecular complexity index is 614. The lowest BCUT2D eigenvalue weighted by Gasteiger charge is -2.11. The number of hydrogen-bond donors (Lipinski definition) is 0. The first-order valence-electron chi connectivity index (χ1n) is 6.46. The van der Waals surface area contributed by atoms with Crippen molar-refractivity contribution in [2.45, 2.75) is 19.3 Å². The summed E-state index contributed by atoms with van der Waals surface area (Å²) in [5.41, 5.74) is 3.26. The van der Waals surface area contributed by atoms with Gasteiger partial charge in [-0.05, 0) is 37.1 Å². The summed E-state index contributed by atoms with van der Waals surface area (Å²) in [5, 5.41) is 0.963. The number of aryl methyl sites for hydroxylation is 1. The Hall–Kier alpha value is -1.68. The zero-order valence-corrected chi connectivity index (χ0v) is 12.0. The van der Waals surface area contributed by atoms with Gasteiger partial charge in [0.05, 0.1) is 10.6 Å². The van der Waals surface area contributed by atoms with Gasteiger partial charge >= 0.3 is 0 Å². The van der Waals surface area contributed by atoms with Gasteiger partial charge in [-0.25, -0.2) is 4.98 Å². The largest absolute Gasteiger partial charge is 0.378 e. The Balaban J connectivity index is 1.96. The highest BCUT2D eigenvalue weighted by Gasteiger charge is 2.22. The number of nitrogens with zero attached hydrogens (tertiary/aromatic N) is 2. The van der Waals surface area contributed by atoms with Gasteiger partial charge in [-0.1, -0.05) is 0 Å². The first-order chi connectivity index (χ1) is 9.15. The molecule has 98 valence electrons. The number of rotatable bonds is 2. The molecule has 0 N–H and O–H groups in total. The Morgan fingerprint density at radius 1 is 1.16 bits per heavy atom. The van der Waals surface area contributed by atoms with Crippen LogP contribution in [0, 0.1) is 0 Å². The predicted molar refractivity (Wildman–Crippen MR) is 79.1 cm³/mol. The van der Waals surface area contributed by atoms with Gasteiger partial charge in [0.2, 0.25) is 0 Å². The van der Waals surface area contributed by atoms with Gasteiger partial charge in [-0.2, -0.15) is 0 Å². The van der Waals surface area contributed by atoms with Gasteiger partial charge in [0.1, 0.15) is 5.01 Å². The Labute approximate surface area is 116 Å². The third-order valence-corrected chi connectivity index (χ3v) is 4.59. The maximum absolute atomic E-state index is 11.8. The van der Waals surface area contributed by atoms with Crippen LogP contribution in [0.2, 0.25) is 0 Å². The number of hydrogen-bond acceptors (Lipinski definition) is 4. The highest BCUT2D eigenvalue weighted by atomic mass is 32.1. The molecular weight excluding hydrogens is 256 g/mol. The number of anilines is 1. The van der Waals surface area contributed by atoms with Crippen molar-refractivity contribution >= 4 is 22.8 Å². The second kappa shape index (κ2) is 4.78. The van der Waals surface area contributed by atoms with Crippen LogP contribution < -0.4 is 4.90 Å². The summed E-state index contributed by atoms with van der Waals surface area (Å²) in [6, 6.07) is 8.31. The van der Waals surface area contributed by atoms with Crippen LogP contribution in [0.25, 0.3) is 10.6 Å². The lowest BCUT2D eigenvalue weighted by atomic mass is 10.0. The summed E-state index contributed by atoms with van der Waals surface area (Å²) >= 11 is 1.54. The molecule has 1 aliphatic carbocycles. The lowest BCUT2D eigenvalue weighted by molar-refractivity contribution is 0.0976. The molecule has 1 aromatic carbocycles. The molecular formula is C15H16N2OS. The summed E-state index contributed by atoms with van der Waals surface area (Å²) in [6.45, 7) is 0. The molecule has 1 heterocycles. The van der Waals surface area contributed by atoms with E-state index in [1.807, 2.05) is 14.1 Å². The summed E-state index contributed by atoms with van der Waals surface area (Å²) in [4.78, 5) is 19.4. The second-order valence-electron chi connectivity index (χ2n) is 5.01. The molecule has 0 spiro atoms. The molecule has 0 fully saturated rings. The summed E-state index contributed by atoms with van der Waals surface area (Å²) in [6.07, 6.45) is 2.55. The molecule has 4 heteroatoms. The fraction of sp³-hybridized carbons (Fsp3) is 0.333. The van der Waals surface area contributed by atoms with Crippen LogP contribution in [0.4, 0.5) is 5.69 Å². The number of fused-ring (bicyclic) bond motifs is 1. The Kier molecular flexibility index (Phi) is 3.11. The van der Waals surface area contributed by atoms with E-state index in [0.29, 0.717) is 6.42 Å². The maximum Gasteiger partial charge on any atom is 0.174 e. The van der Waals surface area contributed by atoms with E-state index in [-0.39, 0.29) is 5.78 Å². The van der Waals surface area contributed by atoms with Crippen molar-refractivity contribution in [3.05, 3.63) is 34.8 Å². The van der Waals surface area contributed by atoms with Crippen LogP contribution in [0.3, 0.4) is 0 Å². The van der Waals surface area contributed by atoms with Crippen molar-refractivity contribution < 1.29 is 4.79 Å². The van der Waals surface area contributed by atoms with Crippen LogP contribution in [-0.2, 0) is 6.42 Å². The van der Waals surface area contributed by atoms with E-state index in [1.54, 1.807) is 0 Å². The number of aromatic nitrogens is 1. The van der Waals surface area contributed by atoms with Gasteiger partial charge < -0.3 is 4.90 Å². The molecule has 0 saturated heterocycles. The SMILES string of the molecule is CN(C)c1ccc(-c2nc3c(s2)C(=O)CCC3)cc1. The molecule has 0 atom stereocenters. The average Bonchev–Trinajstić information content (AvgIpc) is 2.84. The lowest BCUT2D eigenvalue weighted by Crippen LogP contribution is -2.08. The van der Waals surface area contributed by atoms with Gasteiger partial charge in [-0.3, -0.25) is 4.79 Å². The summed E-state index contributed by atoms with van der Waals surface area (Å²) < 4.78 is 0. The summed E-state index contributed by atoms with van der Waals surface area (Å²) in [7, 11) is 4.05. The maximum atomic E-state index is 11.8. The van der Waals surface area contributed by atoms with Crippen molar-refractivity contribution in [2.24, 2.45) is 0 Å². The smallest absolute Gasteiger partial charge is 0.174 e. The molecule has 0 radical (unpaired) electrons. The van der Waals surface area contributed by atoms with E-state index in [1.165, 1.54) is 17.0 Å². The first-order valence-corrected chi connectivity index (χ1v) is 7.27. The third-order valence-electron chi connectivity index (χ3n) is 3.40. The zero-order valence-electron chi connectivity index (χ0n) is 11.1. The van der Waals surface area contributed by atoms with Gasteiger partial charge in [0, 0.05) is 31.8 Å².